The monoisotopic (exact) mass is 269 g/mol. The SMILES string of the molecule is Cc1csc2c(NC(C)CC(C)Cl)ncnc12. The third-order valence-electron chi connectivity index (χ3n) is 2.59. The predicted molar refractivity (Wildman–Crippen MR) is 75.2 cm³/mol. The van der Waals surface area contributed by atoms with E-state index in [2.05, 4.69) is 34.5 Å². The van der Waals surface area contributed by atoms with E-state index in [-0.39, 0.29) is 5.38 Å². The second-order valence-electron chi connectivity index (χ2n) is 4.38. The van der Waals surface area contributed by atoms with E-state index in [9.17, 15) is 0 Å². The number of rotatable bonds is 4. The average Bonchev–Trinajstić information content (AvgIpc) is 2.61. The Morgan fingerprint density at radius 2 is 2.18 bits per heavy atom. The van der Waals surface area contributed by atoms with Crippen LogP contribution in [0, 0.1) is 6.92 Å². The van der Waals surface area contributed by atoms with Gasteiger partial charge in [-0.15, -0.1) is 22.9 Å². The van der Waals surface area contributed by atoms with Gasteiger partial charge in [0.25, 0.3) is 0 Å². The van der Waals surface area contributed by atoms with Crippen molar-refractivity contribution in [3.8, 4) is 0 Å². The second-order valence-corrected chi connectivity index (χ2v) is 6.01. The summed E-state index contributed by atoms with van der Waals surface area (Å²) in [6, 6.07) is 0.308. The maximum Gasteiger partial charge on any atom is 0.147 e. The minimum atomic E-state index is 0.167. The number of alkyl halides is 1. The summed E-state index contributed by atoms with van der Waals surface area (Å²) < 4.78 is 1.12. The molecule has 3 nitrogen and oxygen atoms in total. The molecule has 2 unspecified atom stereocenters. The number of hydrogen-bond donors (Lipinski definition) is 1. The van der Waals surface area contributed by atoms with Gasteiger partial charge in [-0.25, -0.2) is 9.97 Å². The van der Waals surface area contributed by atoms with Crippen molar-refractivity contribution in [3.05, 3.63) is 17.3 Å². The highest BCUT2D eigenvalue weighted by molar-refractivity contribution is 7.18. The standard InChI is InChI=1S/C12H16ClN3S/c1-7-5-17-11-10(7)14-6-15-12(11)16-9(3)4-8(2)13/h5-6,8-9H,4H2,1-3H3,(H,14,15,16). The fraction of sp³-hybridized carbons (Fsp3) is 0.500. The maximum atomic E-state index is 5.99. The molecule has 0 amide bonds. The van der Waals surface area contributed by atoms with Crippen LogP contribution in [0.1, 0.15) is 25.8 Å². The van der Waals surface area contributed by atoms with Crippen LogP contribution < -0.4 is 5.32 Å². The van der Waals surface area contributed by atoms with Gasteiger partial charge in [-0.05, 0) is 38.1 Å². The zero-order valence-electron chi connectivity index (χ0n) is 10.2. The van der Waals surface area contributed by atoms with Gasteiger partial charge in [-0.2, -0.15) is 0 Å². The molecule has 0 aromatic carbocycles. The first-order valence-corrected chi connectivity index (χ1v) is 6.99. The molecule has 2 rings (SSSR count). The largest absolute Gasteiger partial charge is 0.366 e. The number of thiophene rings is 1. The summed E-state index contributed by atoms with van der Waals surface area (Å²) in [6.45, 7) is 6.19. The van der Waals surface area contributed by atoms with Gasteiger partial charge in [0.05, 0.1) is 10.2 Å². The zero-order valence-corrected chi connectivity index (χ0v) is 11.8. The minimum Gasteiger partial charge on any atom is -0.366 e. The summed E-state index contributed by atoms with van der Waals surface area (Å²) in [6.07, 6.45) is 2.53. The molecule has 1 N–H and O–H groups in total. The summed E-state index contributed by atoms with van der Waals surface area (Å²) in [5.41, 5.74) is 2.24. The molecule has 2 aromatic heterocycles. The molecule has 0 spiro atoms. The van der Waals surface area contributed by atoms with E-state index in [4.69, 9.17) is 11.6 Å². The number of hydrogen-bond acceptors (Lipinski definition) is 4. The van der Waals surface area contributed by atoms with Crippen LogP contribution in [-0.4, -0.2) is 21.4 Å². The summed E-state index contributed by atoms with van der Waals surface area (Å²) in [7, 11) is 0. The van der Waals surface area contributed by atoms with Crippen LogP contribution in [0.25, 0.3) is 10.2 Å². The first-order valence-electron chi connectivity index (χ1n) is 5.67. The van der Waals surface area contributed by atoms with Crippen molar-refractivity contribution in [2.24, 2.45) is 0 Å². The first-order chi connectivity index (χ1) is 8.08. The lowest BCUT2D eigenvalue weighted by Crippen LogP contribution is -2.19. The predicted octanol–water partition coefficient (Wildman–Crippen LogP) is 3.82. The Labute approximate surface area is 110 Å². The normalized spacial score (nSPS) is 14.8. The average molecular weight is 270 g/mol. The number of nitrogens with zero attached hydrogens (tertiary/aromatic N) is 2. The number of aryl methyl sites for hydroxylation is 1. The number of nitrogens with one attached hydrogen (secondary N) is 1. The molecule has 0 aliphatic carbocycles. The van der Waals surface area contributed by atoms with Gasteiger partial charge >= 0.3 is 0 Å². The Morgan fingerprint density at radius 1 is 1.41 bits per heavy atom. The molecular weight excluding hydrogens is 254 g/mol. The van der Waals surface area contributed by atoms with E-state index in [1.54, 1.807) is 17.7 Å². The molecule has 5 heteroatoms. The zero-order chi connectivity index (χ0) is 12.4. The lowest BCUT2D eigenvalue weighted by atomic mass is 10.2. The molecule has 0 bridgehead atoms. The van der Waals surface area contributed by atoms with Crippen molar-refractivity contribution in [3.63, 3.8) is 0 Å². The fourth-order valence-electron chi connectivity index (χ4n) is 1.85. The molecule has 0 saturated carbocycles. The van der Waals surface area contributed by atoms with Crippen LogP contribution >= 0.6 is 22.9 Å². The maximum absolute atomic E-state index is 5.99. The Hall–Kier alpha value is -0.870. The van der Waals surface area contributed by atoms with Gasteiger partial charge in [-0.3, -0.25) is 0 Å². The van der Waals surface area contributed by atoms with E-state index in [1.165, 1.54) is 5.56 Å². The van der Waals surface area contributed by atoms with Crippen LogP contribution in [0.15, 0.2) is 11.7 Å². The van der Waals surface area contributed by atoms with E-state index in [0.717, 1.165) is 22.5 Å². The summed E-state index contributed by atoms with van der Waals surface area (Å²) in [4.78, 5) is 8.62. The quantitative estimate of drug-likeness (QED) is 0.858. The Morgan fingerprint density at radius 3 is 2.88 bits per heavy atom. The first kappa shape index (κ1) is 12.6. The molecule has 2 heterocycles. The Kier molecular flexibility index (Phi) is 3.84. The van der Waals surface area contributed by atoms with Crippen molar-refractivity contribution >= 4 is 39.0 Å². The smallest absolute Gasteiger partial charge is 0.147 e. The van der Waals surface area contributed by atoms with E-state index < -0.39 is 0 Å². The molecule has 0 aliphatic heterocycles. The molecule has 17 heavy (non-hydrogen) atoms. The van der Waals surface area contributed by atoms with Crippen LogP contribution in [0.3, 0.4) is 0 Å². The van der Waals surface area contributed by atoms with Gasteiger partial charge in [0.1, 0.15) is 12.1 Å². The van der Waals surface area contributed by atoms with Gasteiger partial charge in [0.2, 0.25) is 0 Å². The molecule has 0 saturated heterocycles. The van der Waals surface area contributed by atoms with Crippen LogP contribution in [0.2, 0.25) is 0 Å². The van der Waals surface area contributed by atoms with Crippen molar-refractivity contribution in [2.45, 2.75) is 38.6 Å². The highest BCUT2D eigenvalue weighted by atomic mass is 35.5. The minimum absolute atomic E-state index is 0.167. The number of anilines is 1. The van der Waals surface area contributed by atoms with Crippen LogP contribution in [-0.2, 0) is 0 Å². The molecule has 2 aromatic rings. The molecule has 0 aliphatic rings. The van der Waals surface area contributed by atoms with E-state index >= 15 is 0 Å². The molecule has 2 atom stereocenters. The lowest BCUT2D eigenvalue weighted by Gasteiger charge is -2.15. The number of halogens is 1. The van der Waals surface area contributed by atoms with Gasteiger partial charge in [-0.1, -0.05) is 0 Å². The highest BCUT2D eigenvalue weighted by Crippen LogP contribution is 2.29. The van der Waals surface area contributed by atoms with Crippen molar-refractivity contribution in [1.82, 2.24) is 9.97 Å². The summed E-state index contributed by atoms with van der Waals surface area (Å²) in [5, 5.41) is 5.68. The lowest BCUT2D eigenvalue weighted by molar-refractivity contribution is 0.694. The molecular formula is C12H16ClN3S. The number of fused-ring (bicyclic) bond motifs is 1. The second kappa shape index (κ2) is 5.19. The molecule has 92 valence electrons. The molecule has 0 fully saturated rings. The Balaban J connectivity index is 2.24. The highest BCUT2D eigenvalue weighted by Gasteiger charge is 2.11. The summed E-state index contributed by atoms with van der Waals surface area (Å²) in [5.74, 6) is 0.915. The van der Waals surface area contributed by atoms with Crippen molar-refractivity contribution in [1.29, 1.82) is 0 Å². The van der Waals surface area contributed by atoms with Gasteiger partial charge in [0.15, 0.2) is 0 Å². The topological polar surface area (TPSA) is 37.8 Å². The number of aromatic nitrogens is 2. The fourth-order valence-corrected chi connectivity index (χ4v) is 3.07. The van der Waals surface area contributed by atoms with Crippen molar-refractivity contribution < 1.29 is 0 Å². The van der Waals surface area contributed by atoms with Gasteiger partial charge < -0.3 is 5.32 Å². The third kappa shape index (κ3) is 2.87. The summed E-state index contributed by atoms with van der Waals surface area (Å²) >= 11 is 7.67. The van der Waals surface area contributed by atoms with Crippen LogP contribution in [0.5, 0.6) is 0 Å². The van der Waals surface area contributed by atoms with E-state index in [0.29, 0.717) is 6.04 Å². The molecule has 0 radical (unpaired) electrons. The Bertz CT molecular complexity index is 509. The van der Waals surface area contributed by atoms with Crippen molar-refractivity contribution in [2.75, 3.05) is 5.32 Å². The van der Waals surface area contributed by atoms with E-state index in [1.807, 2.05) is 6.92 Å². The van der Waals surface area contributed by atoms with Gasteiger partial charge in [0, 0.05) is 11.4 Å². The van der Waals surface area contributed by atoms with Crippen LogP contribution in [0.4, 0.5) is 5.82 Å². The third-order valence-corrected chi connectivity index (χ3v) is 3.86.